The van der Waals surface area contributed by atoms with Crippen molar-refractivity contribution >= 4 is 40.7 Å². The van der Waals surface area contributed by atoms with Crippen LogP contribution in [0.15, 0.2) is 47.9 Å². The molecule has 5 rings (SSSR count). The minimum Gasteiger partial charge on any atom is -0.385 e. The molecule has 3 aliphatic heterocycles. The molecule has 0 N–H and O–H groups in total. The van der Waals surface area contributed by atoms with Crippen LogP contribution < -0.4 is 4.90 Å². The molecular formula is C23H22N2O4S. The highest BCUT2D eigenvalue weighted by molar-refractivity contribution is 7.12. The number of anilines is 1. The number of thiophene rings is 1. The number of ketones is 1. The highest BCUT2D eigenvalue weighted by Crippen LogP contribution is 2.49. The van der Waals surface area contributed by atoms with Crippen LogP contribution in [0.4, 0.5) is 5.69 Å². The second-order valence-electron chi connectivity index (χ2n) is 7.83. The van der Waals surface area contributed by atoms with Gasteiger partial charge in [0.2, 0.25) is 11.8 Å². The van der Waals surface area contributed by atoms with Crippen LogP contribution in [0, 0.1) is 11.8 Å². The van der Waals surface area contributed by atoms with Crippen molar-refractivity contribution in [3.63, 3.8) is 0 Å². The van der Waals surface area contributed by atoms with Crippen LogP contribution in [0.25, 0.3) is 6.08 Å². The van der Waals surface area contributed by atoms with Gasteiger partial charge in [-0.05, 0) is 29.5 Å². The van der Waals surface area contributed by atoms with Crippen LogP contribution in [0.5, 0.6) is 0 Å². The Morgan fingerprint density at radius 2 is 1.90 bits per heavy atom. The van der Waals surface area contributed by atoms with E-state index in [1.165, 1.54) is 16.2 Å². The van der Waals surface area contributed by atoms with Crippen molar-refractivity contribution in [2.24, 2.45) is 11.8 Å². The number of rotatable bonds is 6. The number of methoxy groups -OCH3 is 1. The lowest BCUT2D eigenvalue weighted by Gasteiger charge is -2.36. The maximum Gasteiger partial charge on any atom is 0.235 e. The summed E-state index contributed by atoms with van der Waals surface area (Å²) in [5.41, 5.74) is 1.90. The zero-order valence-corrected chi connectivity index (χ0v) is 17.4. The first-order valence-electron chi connectivity index (χ1n) is 10.1. The quantitative estimate of drug-likeness (QED) is 0.407. The number of fused-ring (bicyclic) bond motifs is 5. The molecule has 0 saturated carbocycles. The molecule has 0 radical (unpaired) electrons. The SMILES string of the molecule is COCCCN1C(=O)[C@@H]2[C@H](C1=O)[C@H](C(=O)c1cccs1)N1c3ccccc3C=C[C@@H]21. The fourth-order valence-corrected chi connectivity index (χ4v) is 5.72. The molecule has 30 heavy (non-hydrogen) atoms. The van der Waals surface area contributed by atoms with Gasteiger partial charge in [0.25, 0.3) is 0 Å². The van der Waals surface area contributed by atoms with Gasteiger partial charge >= 0.3 is 0 Å². The molecular weight excluding hydrogens is 400 g/mol. The van der Waals surface area contributed by atoms with E-state index >= 15 is 0 Å². The first-order chi connectivity index (χ1) is 14.6. The molecule has 0 unspecified atom stereocenters. The Balaban J connectivity index is 1.58. The van der Waals surface area contributed by atoms with Crippen LogP contribution in [0.3, 0.4) is 0 Å². The number of imide groups is 1. The largest absolute Gasteiger partial charge is 0.385 e. The maximum atomic E-state index is 13.6. The van der Waals surface area contributed by atoms with Gasteiger partial charge in [-0.2, -0.15) is 0 Å². The molecule has 4 heterocycles. The second kappa shape index (κ2) is 7.49. The van der Waals surface area contributed by atoms with E-state index in [0.717, 1.165) is 11.3 Å². The van der Waals surface area contributed by atoms with E-state index in [9.17, 15) is 14.4 Å². The summed E-state index contributed by atoms with van der Waals surface area (Å²) >= 11 is 1.37. The topological polar surface area (TPSA) is 66.9 Å². The third-order valence-electron chi connectivity index (χ3n) is 6.27. The Morgan fingerprint density at radius 3 is 2.67 bits per heavy atom. The first kappa shape index (κ1) is 19.2. The molecule has 2 fully saturated rings. The van der Waals surface area contributed by atoms with E-state index in [4.69, 9.17) is 4.74 Å². The molecule has 0 bridgehead atoms. The van der Waals surface area contributed by atoms with Gasteiger partial charge in [0.05, 0.1) is 22.8 Å². The molecule has 2 saturated heterocycles. The smallest absolute Gasteiger partial charge is 0.235 e. The Morgan fingerprint density at radius 1 is 1.10 bits per heavy atom. The standard InChI is InChI=1S/C23H22N2O4S/c1-29-12-5-11-24-22(27)18-16-10-9-14-6-2-3-7-15(14)25(16)20(19(18)23(24)28)21(26)17-8-4-13-30-17/h2-4,6-10,13,16,18-20H,5,11-12H2,1H3/t16-,18-,19-,20+/m0/s1. The maximum absolute atomic E-state index is 13.6. The number of Topliss-reactive ketones (excluding diaryl/α,β-unsaturated/α-hetero) is 1. The molecule has 2 amide bonds. The highest BCUT2D eigenvalue weighted by atomic mass is 32.1. The normalized spacial score (nSPS) is 26.7. The fourth-order valence-electron chi connectivity index (χ4n) is 5.03. The van der Waals surface area contributed by atoms with Gasteiger partial charge in [-0.3, -0.25) is 19.3 Å². The number of carbonyl (C=O) groups is 3. The van der Waals surface area contributed by atoms with Crippen molar-refractivity contribution in [1.29, 1.82) is 0 Å². The number of hydrogen-bond acceptors (Lipinski definition) is 6. The Kier molecular flexibility index (Phi) is 4.79. The summed E-state index contributed by atoms with van der Waals surface area (Å²) in [6, 6.07) is 10.5. The predicted molar refractivity (Wildman–Crippen MR) is 114 cm³/mol. The van der Waals surface area contributed by atoms with Gasteiger partial charge in [0, 0.05) is 25.9 Å². The minimum absolute atomic E-state index is 0.0903. The van der Waals surface area contributed by atoms with Gasteiger partial charge in [0.15, 0.2) is 5.78 Å². The summed E-state index contributed by atoms with van der Waals surface area (Å²) in [5, 5.41) is 1.86. The van der Waals surface area contributed by atoms with E-state index in [0.29, 0.717) is 24.4 Å². The number of likely N-dealkylation sites (tertiary alicyclic amines) is 1. The van der Waals surface area contributed by atoms with Gasteiger partial charge in [-0.1, -0.05) is 36.4 Å². The van der Waals surface area contributed by atoms with Gasteiger partial charge in [0.1, 0.15) is 6.04 Å². The number of nitrogens with zero attached hydrogens (tertiary/aromatic N) is 2. The van der Waals surface area contributed by atoms with E-state index in [-0.39, 0.29) is 23.6 Å². The third kappa shape index (κ3) is 2.76. The van der Waals surface area contributed by atoms with Crippen LogP contribution in [0.2, 0.25) is 0 Å². The zero-order valence-electron chi connectivity index (χ0n) is 16.6. The van der Waals surface area contributed by atoms with Crippen LogP contribution in [-0.4, -0.2) is 54.8 Å². The van der Waals surface area contributed by atoms with Crippen LogP contribution in [0.1, 0.15) is 21.7 Å². The molecule has 1 aromatic carbocycles. The molecule has 2 aromatic rings. The molecule has 4 atom stereocenters. The fraction of sp³-hybridized carbons (Fsp3) is 0.348. The molecule has 7 heteroatoms. The molecule has 154 valence electrons. The lowest BCUT2D eigenvalue weighted by Crippen LogP contribution is -2.48. The van der Waals surface area contributed by atoms with Crippen molar-refractivity contribution in [3.8, 4) is 0 Å². The Labute approximate surface area is 178 Å². The van der Waals surface area contributed by atoms with Crippen molar-refractivity contribution in [2.45, 2.75) is 18.5 Å². The number of ether oxygens (including phenoxy) is 1. The van der Waals surface area contributed by atoms with Crippen LogP contribution >= 0.6 is 11.3 Å². The average molecular weight is 423 g/mol. The summed E-state index contributed by atoms with van der Waals surface area (Å²) in [6.07, 6.45) is 4.56. The minimum atomic E-state index is -0.686. The number of benzene rings is 1. The van der Waals surface area contributed by atoms with Crippen molar-refractivity contribution < 1.29 is 19.1 Å². The van der Waals surface area contributed by atoms with Gasteiger partial charge in [-0.15, -0.1) is 11.3 Å². The molecule has 0 aliphatic carbocycles. The second-order valence-corrected chi connectivity index (χ2v) is 8.78. The van der Waals surface area contributed by atoms with Crippen molar-refractivity contribution in [1.82, 2.24) is 4.90 Å². The summed E-state index contributed by atoms with van der Waals surface area (Å²) in [4.78, 5) is 44.2. The molecule has 0 spiro atoms. The number of carbonyl (C=O) groups excluding carboxylic acids is 3. The predicted octanol–water partition coefficient (Wildman–Crippen LogP) is 2.85. The summed E-state index contributed by atoms with van der Waals surface area (Å²) in [6.45, 7) is 0.804. The summed E-state index contributed by atoms with van der Waals surface area (Å²) < 4.78 is 5.08. The summed E-state index contributed by atoms with van der Waals surface area (Å²) in [7, 11) is 1.60. The average Bonchev–Trinajstić information content (AvgIpc) is 3.46. The lowest BCUT2D eigenvalue weighted by molar-refractivity contribution is -0.140. The van der Waals surface area contributed by atoms with Gasteiger partial charge in [-0.25, -0.2) is 0 Å². The monoisotopic (exact) mass is 422 g/mol. The lowest BCUT2D eigenvalue weighted by atomic mass is 9.87. The number of hydrogen-bond donors (Lipinski definition) is 0. The first-order valence-corrected chi connectivity index (χ1v) is 11.0. The van der Waals surface area contributed by atoms with Crippen LogP contribution in [-0.2, 0) is 14.3 Å². The summed E-state index contributed by atoms with van der Waals surface area (Å²) in [5.74, 6) is -1.72. The zero-order chi connectivity index (χ0) is 20.8. The third-order valence-corrected chi connectivity index (χ3v) is 7.15. The van der Waals surface area contributed by atoms with Crippen molar-refractivity contribution in [2.75, 3.05) is 25.2 Å². The molecule has 6 nitrogen and oxygen atoms in total. The Hall–Kier alpha value is -2.77. The van der Waals surface area contributed by atoms with E-state index in [1.54, 1.807) is 13.2 Å². The van der Waals surface area contributed by atoms with E-state index in [2.05, 4.69) is 0 Å². The van der Waals surface area contributed by atoms with E-state index < -0.39 is 17.9 Å². The Bertz CT molecular complexity index is 1030. The molecule has 1 aromatic heterocycles. The molecule has 3 aliphatic rings. The van der Waals surface area contributed by atoms with Crippen molar-refractivity contribution in [3.05, 3.63) is 58.3 Å². The number of amides is 2. The van der Waals surface area contributed by atoms with Gasteiger partial charge < -0.3 is 9.64 Å². The van der Waals surface area contributed by atoms with E-state index in [1.807, 2.05) is 52.8 Å². The number of para-hydroxylation sites is 1. The highest BCUT2D eigenvalue weighted by Gasteiger charge is 2.63.